The first kappa shape index (κ1) is 9.64. The molecule has 1 aliphatic carbocycles. The minimum atomic E-state index is -0.645. The molecule has 4 nitrogen and oxygen atoms in total. The highest BCUT2D eigenvalue weighted by molar-refractivity contribution is 5.65. The summed E-state index contributed by atoms with van der Waals surface area (Å²) in [5.41, 5.74) is 0.775. The van der Waals surface area contributed by atoms with Crippen LogP contribution in [-0.2, 0) is 0 Å². The average Bonchev–Trinajstić information content (AvgIpc) is 2.04. The summed E-state index contributed by atoms with van der Waals surface area (Å²) >= 11 is 0. The molecular weight excluding hydrogens is 168 g/mol. The summed E-state index contributed by atoms with van der Waals surface area (Å²) in [5, 5.41) is 10.7. The Hall–Kier alpha value is -1.45. The van der Waals surface area contributed by atoms with E-state index in [1.807, 2.05) is 6.08 Å². The van der Waals surface area contributed by atoms with E-state index in [0.29, 0.717) is 0 Å². The SMILES string of the molecule is CN=CC1C=CC=C(C)C1[N+](=O)[O-]. The molecule has 1 aliphatic rings. The Bertz CT molecular complexity index is 292. The Morgan fingerprint density at radius 1 is 1.69 bits per heavy atom. The smallest absolute Gasteiger partial charge is 0.245 e. The van der Waals surface area contributed by atoms with Gasteiger partial charge in [-0.25, -0.2) is 0 Å². The summed E-state index contributed by atoms with van der Waals surface area (Å²) in [4.78, 5) is 14.3. The first-order valence-corrected chi connectivity index (χ1v) is 4.07. The fraction of sp³-hybridized carbons (Fsp3) is 0.444. The van der Waals surface area contributed by atoms with Crippen molar-refractivity contribution in [2.45, 2.75) is 13.0 Å². The molecule has 1 rings (SSSR count). The lowest BCUT2D eigenvalue weighted by Crippen LogP contribution is -2.31. The van der Waals surface area contributed by atoms with Crippen LogP contribution in [0.4, 0.5) is 0 Å². The van der Waals surface area contributed by atoms with Crippen LogP contribution in [0.15, 0.2) is 28.8 Å². The number of hydrogen-bond acceptors (Lipinski definition) is 3. The highest BCUT2D eigenvalue weighted by atomic mass is 16.6. The maximum Gasteiger partial charge on any atom is 0.245 e. The second kappa shape index (κ2) is 3.98. The molecule has 13 heavy (non-hydrogen) atoms. The summed E-state index contributed by atoms with van der Waals surface area (Å²) in [6.07, 6.45) is 7.02. The van der Waals surface area contributed by atoms with E-state index in [-0.39, 0.29) is 10.8 Å². The van der Waals surface area contributed by atoms with Crippen molar-refractivity contribution in [2.75, 3.05) is 7.05 Å². The van der Waals surface area contributed by atoms with Crippen molar-refractivity contribution < 1.29 is 4.92 Å². The van der Waals surface area contributed by atoms with Crippen molar-refractivity contribution in [3.8, 4) is 0 Å². The van der Waals surface area contributed by atoms with Crippen molar-refractivity contribution in [1.82, 2.24) is 0 Å². The molecule has 70 valence electrons. The third-order valence-corrected chi connectivity index (χ3v) is 2.07. The van der Waals surface area contributed by atoms with Crippen molar-refractivity contribution in [3.05, 3.63) is 33.9 Å². The summed E-state index contributed by atoms with van der Waals surface area (Å²) in [7, 11) is 1.62. The highest BCUT2D eigenvalue weighted by Gasteiger charge is 2.31. The number of aliphatic imine (C=N–C) groups is 1. The zero-order valence-electron chi connectivity index (χ0n) is 7.68. The molecule has 0 bridgehead atoms. The molecule has 0 heterocycles. The molecule has 0 aliphatic heterocycles. The van der Waals surface area contributed by atoms with E-state index in [4.69, 9.17) is 0 Å². The van der Waals surface area contributed by atoms with Gasteiger partial charge in [-0.1, -0.05) is 18.2 Å². The van der Waals surface area contributed by atoms with Crippen LogP contribution in [0.3, 0.4) is 0 Å². The zero-order chi connectivity index (χ0) is 9.84. The minimum Gasteiger partial charge on any atom is -0.300 e. The quantitative estimate of drug-likeness (QED) is 0.367. The van der Waals surface area contributed by atoms with Gasteiger partial charge in [0.05, 0.1) is 5.92 Å². The van der Waals surface area contributed by atoms with E-state index >= 15 is 0 Å². The minimum absolute atomic E-state index is 0.204. The molecule has 2 atom stereocenters. The number of allylic oxidation sites excluding steroid dienone is 2. The Labute approximate surface area is 76.8 Å². The Kier molecular flexibility index (Phi) is 2.95. The summed E-state index contributed by atoms with van der Waals surface area (Å²) in [5.74, 6) is -0.204. The maximum atomic E-state index is 10.7. The van der Waals surface area contributed by atoms with Gasteiger partial charge < -0.3 is 0 Å². The standard InChI is InChI=1S/C9H12N2O2/c1-7-4-3-5-8(6-10-2)9(7)11(12)13/h3-6,8-9H,1-2H3. The maximum absolute atomic E-state index is 10.7. The van der Waals surface area contributed by atoms with E-state index < -0.39 is 6.04 Å². The molecule has 0 spiro atoms. The molecule has 4 heteroatoms. The highest BCUT2D eigenvalue weighted by Crippen LogP contribution is 2.20. The van der Waals surface area contributed by atoms with E-state index in [2.05, 4.69) is 4.99 Å². The normalized spacial score (nSPS) is 27.7. The molecule has 0 saturated heterocycles. The van der Waals surface area contributed by atoms with E-state index in [1.54, 1.807) is 32.3 Å². The predicted octanol–water partition coefficient (Wildman–Crippen LogP) is 1.46. The number of hydrogen-bond donors (Lipinski definition) is 0. The number of nitrogens with zero attached hydrogens (tertiary/aromatic N) is 2. The van der Waals surface area contributed by atoms with Gasteiger partial charge in [-0.05, 0) is 6.92 Å². The number of nitro groups is 1. The van der Waals surface area contributed by atoms with E-state index in [9.17, 15) is 10.1 Å². The van der Waals surface area contributed by atoms with E-state index in [0.717, 1.165) is 5.57 Å². The third kappa shape index (κ3) is 2.02. The number of rotatable bonds is 2. The van der Waals surface area contributed by atoms with Gasteiger partial charge in [0.25, 0.3) is 0 Å². The monoisotopic (exact) mass is 180 g/mol. The third-order valence-electron chi connectivity index (χ3n) is 2.07. The second-order valence-electron chi connectivity index (χ2n) is 3.01. The summed E-state index contributed by atoms with van der Waals surface area (Å²) < 4.78 is 0. The molecule has 0 fully saturated rings. The largest absolute Gasteiger partial charge is 0.300 e. The molecular formula is C9H12N2O2. The molecule has 0 amide bonds. The Balaban J connectivity index is 2.91. The molecule has 0 radical (unpaired) electrons. The summed E-state index contributed by atoms with van der Waals surface area (Å²) in [6.45, 7) is 1.77. The molecule has 0 aromatic heterocycles. The van der Waals surface area contributed by atoms with Gasteiger partial charge in [-0.2, -0.15) is 0 Å². The van der Waals surface area contributed by atoms with Crippen LogP contribution in [0, 0.1) is 16.0 Å². The van der Waals surface area contributed by atoms with Crippen LogP contribution >= 0.6 is 0 Å². The second-order valence-corrected chi connectivity index (χ2v) is 3.01. The van der Waals surface area contributed by atoms with Gasteiger partial charge in [0, 0.05) is 23.8 Å². The van der Waals surface area contributed by atoms with Crippen molar-refractivity contribution >= 4 is 6.21 Å². The molecule has 0 aromatic rings. The lowest BCUT2D eigenvalue weighted by atomic mass is 9.91. The van der Waals surface area contributed by atoms with Gasteiger partial charge in [0.15, 0.2) is 0 Å². The Morgan fingerprint density at radius 2 is 2.38 bits per heavy atom. The molecule has 2 unspecified atom stereocenters. The molecule has 0 N–H and O–H groups in total. The van der Waals surface area contributed by atoms with Crippen LogP contribution in [0.1, 0.15) is 6.92 Å². The van der Waals surface area contributed by atoms with Gasteiger partial charge >= 0.3 is 0 Å². The Morgan fingerprint density at radius 3 is 2.92 bits per heavy atom. The van der Waals surface area contributed by atoms with Crippen molar-refractivity contribution in [1.29, 1.82) is 0 Å². The van der Waals surface area contributed by atoms with Crippen LogP contribution < -0.4 is 0 Å². The average molecular weight is 180 g/mol. The first-order chi connectivity index (χ1) is 6.16. The van der Waals surface area contributed by atoms with Crippen molar-refractivity contribution in [3.63, 3.8) is 0 Å². The zero-order valence-corrected chi connectivity index (χ0v) is 7.68. The topological polar surface area (TPSA) is 55.5 Å². The lowest BCUT2D eigenvalue weighted by molar-refractivity contribution is -0.515. The fourth-order valence-corrected chi connectivity index (χ4v) is 1.45. The fourth-order valence-electron chi connectivity index (χ4n) is 1.45. The predicted molar refractivity (Wildman–Crippen MR) is 51.6 cm³/mol. The molecule has 0 saturated carbocycles. The van der Waals surface area contributed by atoms with Gasteiger partial charge in [0.2, 0.25) is 6.04 Å². The van der Waals surface area contributed by atoms with Crippen LogP contribution in [0.25, 0.3) is 0 Å². The van der Waals surface area contributed by atoms with E-state index in [1.165, 1.54) is 0 Å². The first-order valence-electron chi connectivity index (χ1n) is 4.07. The van der Waals surface area contributed by atoms with Crippen LogP contribution in [0.2, 0.25) is 0 Å². The van der Waals surface area contributed by atoms with Gasteiger partial charge in [-0.3, -0.25) is 15.1 Å². The van der Waals surface area contributed by atoms with Gasteiger partial charge in [-0.15, -0.1) is 0 Å². The molecule has 0 aromatic carbocycles. The van der Waals surface area contributed by atoms with Crippen molar-refractivity contribution in [2.24, 2.45) is 10.9 Å². The summed E-state index contributed by atoms with van der Waals surface area (Å²) in [6, 6.07) is -0.645. The lowest BCUT2D eigenvalue weighted by Gasteiger charge is -2.17. The van der Waals surface area contributed by atoms with Crippen LogP contribution in [-0.4, -0.2) is 24.2 Å². The van der Waals surface area contributed by atoms with Crippen LogP contribution in [0.5, 0.6) is 0 Å². The van der Waals surface area contributed by atoms with Gasteiger partial charge in [0.1, 0.15) is 0 Å².